The van der Waals surface area contributed by atoms with Gasteiger partial charge in [-0.2, -0.15) is 0 Å². The minimum Gasteiger partial charge on any atom is -0.444 e. The summed E-state index contributed by atoms with van der Waals surface area (Å²) < 4.78 is 10.4. The fourth-order valence-electron chi connectivity index (χ4n) is 2.03. The van der Waals surface area contributed by atoms with Crippen LogP contribution in [0.3, 0.4) is 0 Å². The number of ether oxygens (including phenoxy) is 2. The molecule has 0 saturated carbocycles. The lowest BCUT2D eigenvalue weighted by atomic mass is 10.0. The van der Waals surface area contributed by atoms with Gasteiger partial charge in [0.25, 0.3) is 0 Å². The molecule has 0 radical (unpaired) electrons. The predicted molar refractivity (Wildman–Crippen MR) is 88.0 cm³/mol. The van der Waals surface area contributed by atoms with Crippen LogP contribution in [-0.2, 0) is 9.47 Å². The fraction of sp³-hybridized carbons (Fsp3) is 0.938. The Kier molecular flexibility index (Phi) is 10.4. The van der Waals surface area contributed by atoms with Crippen LogP contribution in [0.2, 0.25) is 0 Å². The van der Waals surface area contributed by atoms with Crippen molar-refractivity contribution in [3.05, 3.63) is 0 Å². The number of rotatable bonds is 10. The molecule has 22 heavy (non-hydrogen) atoms. The minimum atomic E-state index is -0.476. The maximum absolute atomic E-state index is 11.5. The van der Waals surface area contributed by atoms with Gasteiger partial charge in [0.2, 0.25) is 0 Å². The highest BCUT2D eigenvalue weighted by molar-refractivity contribution is 5.67. The van der Waals surface area contributed by atoms with E-state index >= 15 is 0 Å². The summed E-state index contributed by atoms with van der Waals surface area (Å²) in [6.07, 6.45) is 1.28. The lowest BCUT2D eigenvalue weighted by molar-refractivity contribution is 0.0525. The Balaban J connectivity index is 4.07. The van der Waals surface area contributed by atoms with Crippen LogP contribution in [-0.4, -0.2) is 55.8 Å². The molecule has 0 spiro atoms. The van der Waals surface area contributed by atoms with Crippen molar-refractivity contribution in [3.63, 3.8) is 0 Å². The van der Waals surface area contributed by atoms with Crippen molar-refractivity contribution < 1.29 is 19.4 Å². The average Bonchev–Trinajstić information content (AvgIpc) is 2.38. The van der Waals surface area contributed by atoms with Crippen molar-refractivity contribution in [1.29, 1.82) is 0 Å². The van der Waals surface area contributed by atoms with E-state index in [0.717, 1.165) is 12.8 Å². The molecule has 3 N–H and O–H groups in total. The van der Waals surface area contributed by atoms with Crippen molar-refractivity contribution in [1.82, 2.24) is 10.6 Å². The van der Waals surface area contributed by atoms with Gasteiger partial charge in [-0.05, 0) is 39.5 Å². The summed E-state index contributed by atoms with van der Waals surface area (Å²) in [5.41, 5.74) is -0.476. The second-order valence-electron chi connectivity index (χ2n) is 6.92. The van der Waals surface area contributed by atoms with Crippen molar-refractivity contribution in [3.8, 4) is 0 Å². The second kappa shape index (κ2) is 10.8. The maximum Gasteiger partial charge on any atom is 0.407 e. The molecule has 0 heterocycles. The molecule has 0 rings (SSSR count). The van der Waals surface area contributed by atoms with Gasteiger partial charge < -0.3 is 25.2 Å². The molecule has 0 bridgehead atoms. The second-order valence-corrected chi connectivity index (χ2v) is 6.92. The molecule has 1 amide bonds. The number of alkyl carbamates (subject to hydrolysis) is 1. The Labute approximate surface area is 134 Å². The topological polar surface area (TPSA) is 79.8 Å². The third kappa shape index (κ3) is 10.8. The number of amides is 1. The third-order valence-corrected chi connectivity index (χ3v) is 3.22. The molecule has 0 aliphatic heterocycles. The summed E-state index contributed by atoms with van der Waals surface area (Å²) in [5.74, 6) is 0.351. The Bertz CT molecular complexity index is 303. The van der Waals surface area contributed by atoms with Crippen molar-refractivity contribution in [2.24, 2.45) is 5.92 Å². The monoisotopic (exact) mass is 318 g/mol. The summed E-state index contributed by atoms with van der Waals surface area (Å²) in [6, 6.07) is 0.212. The smallest absolute Gasteiger partial charge is 0.407 e. The lowest BCUT2D eigenvalue weighted by Gasteiger charge is -2.27. The first-order valence-electron chi connectivity index (χ1n) is 8.02. The zero-order valence-electron chi connectivity index (χ0n) is 14.9. The SMILES string of the molecule is COCC(CCCNC(=O)OC(C)(C)C)NC(CO)C(C)C. The van der Waals surface area contributed by atoms with Gasteiger partial charge >= 0.3 is 6.09 Å². The van der Waals surface area contributed by atoms with Crippen LogP contribution >= 0.6 is 0 Å². The first-order valence-corrected chi connectivity index (χ1v) is 8.02. The molecule has 0 aromatic carbocycles. The molecule has 6 heteroatoms. The molecule has 6 nitrogen and oxygen atoms in total. The summed E-state index contributed by atoms with van der Waals surface area (Å²) in [7, 11) is 1.66. The number of aliphatic hydroxyl groups excluding tert-OH is 1. The maximum atomic E-state index is 11.5. The van der Waals surface area contributed by atoms with Gasteiger partial charge in [-0.1, -0.05) is 13.8 Å². The standard InChI is InChI=1S/C16H34N2O4/c1-12(2)14(10-19)18-13(11-21-6)8-7-9-17-15(20)22-16(3,4)5/h12-14,18-19H,7-11H2,1-6H3,(H,17,20). The summed E-state index contributed by atoms with van der Waals surface area (Å²) in [6.45, 7) is 10.9. The van der Waals surface area contributed by atoms with Crippen LogP contribution in [0.4, 0.5) is 4.79 Å². The van der Waals surface area contributed by atoms with Gasteiger partial charge in [0, 0.05) is 25.7 Å². The molecule has 0 fully saturated rings. The number of carbonyl (C=O) groups is 1. The quantitative estimate of drug-likeness (QED) is 0.536. The van der Waals surface area contributed by atoms with E-state index in [1.54, 1.807) is 7.11 Å². The third-order valence-electron chi connectivity index (χ3n) is 3.22. The summed E-state index contributed by atoms with van der Waals surface area (Å²) in [5, 5.41) is 15.5. The molecule has 132 valence electrons. The number of aliphatic hydroxyl groups is 1. The van der Waals surface area contributed by atoms with Crippen LogP contribution in [0.1, 0.15) is 47.5 Å². The van der Waals surface area contributed by atoms with E-state index in [-0.39, 0.29) is 24.8 Å². The number of nitrogens with one attached hydrogen (secondary N) is 2. The first kappa shape index (κ1) is 21.1. The van der Waals surface area contributed by atoms with Gasteiger partial charge in [-0.25, -0.2) is 4.79 Å². The van der Waals surface area contributed by atoms with Crippen LogP contribution in [0.5, 0.6) is 0 Å². The molecule has 0 saturated heterocycles. The Morgan fingerprint density at radius 2 is 1.91 bits per heavy atom. The summed E-state index contributed by atoms with van der Waals surface area (Å²) >= 11 is 0. The van der Waals surface area contributed by atoms with Gasteiger partial charge in [0.15, 0.2) is 0 Å². The molecule has 0 aromatic rings. The van der Waals surface area contributed by atoms with Crippen molar-refractivity contribution in [2.75, 3.05) is 26.9 Å². The first-order chi connectivity index (χ1) is 10.2. The lowest BCUT2D eigenvalue weighted by Crippen LogP contribution is -2.46. The van der Waals surface area contributed by atoms with Gasteiger partial charge in [0.1, 0.15) is 5.60 Å². The zero-order valence-corrected chi connectivity index (χ0v) is 14.9. The van der Waals surface area contributed by atoms with Crippen LogP contribution < -0.4 is 10.6 Å². The fourth-order valence-corrected chi connectivity index (χ4v) is 2.03. The van der Waals surface area contributed by atoms with Crippen molar-refractivity contribution >= 4 is 6.09 Å². The van der Waals surface area contributed by atoms with Crippen LogP contribution in [0, 0.1) is 5.92 Å². The van der Waals surface area contributed by atoms with E-state index in [1.165, 1.54) is 0 Å². The normalized spacial score (nSPS) is 14.7. The zero-order chi connectivity index (χ0) is 17.2. The number of hydrogen-bond donors (Lipinski definition) is 3. The summed E-state index contributed by atoms with van der Waals surface area (Å²) in [4.78, 5) is 11.5. The predicted octanol–water partition coefficient (Wildman–Crippen LogP) is 1.91. The van der Waals surface area contributed by atoms with E-state index in [4.69, 9.17) is 9.47 Å². The molecular formula is C16H34N2O4. The molecule has 0 aliphatic rings. The Morgan fingerprint density at radius 1 is 1.27 bits per heavy atom. The van der Waals surface area contributed by atoms with E-state index in [1.807, 2.05) is 20.8 Å². The molecule has 2 unspecified atom stereocenters. The van der Waals surface area contributed by atoms with Crippen LogP contribution in [0.15, 0.2) is 0 Å². The van der Waals surface area contributed by atoms with Gasteiger partial charge in [-0.15, -0.1) is 0 Å². The highest BCUT2D eigenvalue weighted by atomic mass is 16.6. The van der Waals surface area contributed by atoms with Gasteiger partial charge in [0.05, 0.1) is 13.2 Å². The van der Waals surface area contributed by atoms with E-state index in [2.05, 4.69) is 24.5 Å². The average molecular weight is 318 g/mol. The number of hydrogen-bond acceptors (Lipinski definition) is 5. The minimum absolute atomic E-state index is 0.0546. The van der Waals surface area contributed by atoms with Gasteiger partial charge in [-0.3, -0.25) is 0 Å². The van der Waals surface area contributed by atoms with Crippen molar-refractivity contribution in [2.45, 2.75) is 65.1 Å². The van der Waals surface area contributed by atoms with E-state index in [0.29, 0.717) is 19.1 Å². The molecule has 2 atom stereocenters. The largest absolute Gasteiger partial charge is 0.444 e. The Morgan fingerprint density at radius 3 is 2.36 bits per heavy atom. The number of methoxy groups -OCH3 is 1. The highest BCUT2D eigenvalue weighted by Crippen LogP contribution is 2.07. The van der Waals surface area contributed by atoms with Crippen LogP contribution in [0.25, 0.3) is 0 Å². The Hall–Kier alpha value is -0.850. The van der Waals surface area contributed by atoms with E-state index in [9.17, 15) is 9.90 Å². The van der Waals surface area contributed by atoms with E-state index < -0.39 is 5.60 Å². The molecule has 0 aliphatic carbocycles. The highest BCUT2D eigenvalue weighted by Gasteiger charge is 2.18. The molecular weight excluding hydrogens is 284 g/mol. The molecule has 0 aromatic heterocycles. The number of carbonyl (C=O) groups excluding carboxylic acids is 1.